The van der Waals surface area contributed by atoms with Gasteiger partial charge in [0.2, 0.25) is 0 Å². The highest BCUT2D eigenvalue weighted by molar-refractivity contribution is 5.77. The Morgan fingerprint density at radius 3 is 3.06 bits per heavy atom. The van der Waals surface area contributed by atoms with Crippen LogP contribution >= 0.6 is 0 Å². The standard InChI is InChI=1S/C12H21NO3/c1-8(7-15-2)16-12(14)11-10-5-3-4-9(10)6-13-11/h8-11,13H,3-7H2,1-2H3. The molecule has 1 saturated heterocycles. The molecule has 4 heteroatoms. The first kappa shape index (κ1) is 11.9. The fourth-order valence-corrected chi connectivity index (χ4v) is 2.99. The Morgan fingerprint density at radius 1 is 1.50 bits per heavy atom. The van der Waals surface area contributed by atoms with E-state index in [4.69, 9.17) is 9.47 Å². The van der Waals surface area contributed by atoms with Crippen LogP contribution in [-0.4, -0.2) is 38.4 Å². The number of nitrogens with one attached hydrogen (secondary N) is 1. The maximum Gasteiger partial charge on any atom is 0.323 e. The molecule has 4 atom stereocenters. The number of hydrogen-bond acceptors (Lipinski definition) is 4. The molecular weight excluding hydrogens is 206 g/mol. The van der Waals surface area contributed by atoms with Crippen LogP contribution < -0.4 is 5.32 Å². The predicted octanol–water partition coefficient (Wildman–Crippen LogP) is 0.953. The lowest BCUT2D eigenvalue weighted by Gasteiger charge is -2.19. The molecule has 2 rings (SSSR count). The second-order valence-corrected chi connectivity index (χ2v) is 4.94. The van der Waals surface area contributed by atoms with Crippen molar-refractivity contribution in [1.29, 1.82) is 0 Å². The number of carbonyl (C=O) groups excluding carboxylic acids is 1. The summed E-state index contributed by atoms with van der Waals surface area (Å²) in [6, 6.07) is -0.0770. The maximum atomic E-state index is 11.9. The Hall–Kier alpha value is -0.610. The highest BCUT2D eigenvalue weighted by Crippen LogP contribution is 2.38. The van der Waals surface area contributed by atoms with Gasteiger partial charge in [0.15, 0.2) is 0 Å². The molecule has 2 aliphatic rings. The minimum atomic E-state index is -0.153. The molecule has 16 heavy (non-hydrogen) atoms. The Kier molecular flexibility index (Phi) is 3.82. The molecule has 2 fully saturated rings. The highest BCUT2D eigenvalue weighted by atomic mass is 16.6. The van der Waals surface area contributed by atoms with Crippen molar-refractivity contribution in [2.24, 2.45) is 11.8 Å². The summed E-state index contributed by atoms with van der Waals surface area (Å²) in [5.41, 5.74) is 0. The van der Waals surface area contributed by atoms with Gasteiger partial charge in [-0.1, -0.05) is 6.42 Å². The SMILES string of the molecule is COCC(C)OC(=O)C1NCC2CCCC21. The average Bonchev–Trinajstić information content (AvgIpc) is 2.77. The van der Waals surface area contributed by atoms with E-state index in [9.17, 15) is 4.79 Å². The smallest absolute Gasteiger partial charge is 0.323 e. The third kappa shape index (κ3) is 2.38. The van der Waals surface area contributed by atoms with Gasteiger partial charge in [0.1, 0.15) is 12.1 Å². The second-order valence-electron chi connectivity index (χ2n) is 4.94. The van der Waals surface area contributed by atoms with Crippen molar-refractivity contribution in [1.82, 2.24) is 5.32 Å². The first-order valence-corrected chi connectivity index (χ1v) is 6.15. The monoisotopic (exact) mass is 227 g/mol. The van der Waals surface area contributed by atoms with Crippen LogP contribution in [0.2, 0.25) is 0 Å². The van der Waals surface area contributed by atoms with Crippen LogP contribution in [0.25, 0.3) is 0 Å². The molecular formula is C12H21NO3. The van der Waals surface area contributed by atoms with Crippen LogP contribution in [-0.2, 0) is 14.3 Å². The zero-order valence-electron chi connectivity index (χ0n) is 10.1. The van der Waals surface area contributed by atoms with Crippen LogP contribution in [0, 0.1) is 11.8 Å². The predicted molar refractivity (Wildman–Crippen MR) is 60.1 cm³/mol. The third-order valence-electron chi connectivity index (χ3n) is 3.72. The summed E-state index contributed by atoms with van der Waals surface area (Å²) in [4.78, 5) is 11.9. The van der Waals surface area contributed by atoms with Crippen molar-refractivity contribution in [2.75, 3.05) is 20.3 Å². The molecule has 0 spiro atoms. The van der Waals surface area contributed by atoms with Crippen molar-refractivity contribution in [2.45, 2.75) is 38.3 Å². The van der Waals surface area contributed by atoms with E-state index in [1.54, 1.807) is 7.11 Å². The first-order valence-electron chi connectivity index (χ1n) is 6.15. The molecule has 0 aromatic heterocycles. The molecule has 4 unspecified atom stereocenters. The number of esters is 1. The van der Waals surface area contributed by atoms with E-state index in [1.165, 1.54) is 12.8 Å². The summed E-state index contributed by atoms with van der Waals surface area (Å²) in [7, 11) is 1.62. The Bertz CT molecular complexity index is 257. The van der Waals surface area contributed by atoms with Gasteiger partial charge < -0.3 is 14.8 Å². The van der Waals surface area contributed by atoms with Crippen LogP contribution in [0.1, 0.15) is 26.2 Å². The Balaban J connectivity index is 1.85. The number of carbonyl (C=O) groups is 1. The molecule has 0 amide bonds. The van der Waals surface area contributed by atoms with E-state index >= 15 is 0 Å². The van der Waals surface area contributed by atoms with E-state index in [0.29, 0.717) is 18.4 Å². The zero-order chi connectivity index (χ0) is 11.5. The molecule has 1 aliphatic heterocycles. The fourth-order valence-electron chi connectivity index (χ4n) is 2.99. The van der Waals surface area contributed by atoms with Crippen molar-refractivity contribution < 1.29 is 14.3 Å². The van der Waals surface area contributed by atoms with Gasteiger partial charge in [-0.05, 0) is 38.1 Å². The second kappa shape index (κ2) is 5.15. The number of fused-ring (bicyclic) bond motifs is 1. The van der Waals surface area contributed by atoms with E-state index in [-0.39, 0.29) is 18.1 Å². The minimum absolute atomic E-state index is 0.0770. The van der Waals surface area contributed by atoms with E-state index < -0.39 is 0 Å². The van der Waals surface area contributed by atoms with Gasteiger partial charge in [-0.25, -0.2) is 0 Å². The maximum absolute atomic E-state index is 11.9. The van der Waals surface area contributed by atoms with E-state index in [1.807, 2.05) is 6.92 Å². The number of hydrogen-bond donors (Lipinski definition) is 1. The number of ether oxygens (including phenoxy) is 2. The van der Waals surface area contributed by atoms with Crippen molar-refractivity contribution in [3.8, 4) is 0 Å². The lowest BCUT2D eigenvalue weighted by molar-refractivity contribution is -0.153. The number of methoxy groups -OCH3 is 1. The normalized spacial score (nSPS) is 34.8. The summed E-state index contributed by atoms with van der Waals surface area (Å²) in [6.45, 7) is 3.30. The van der Waals surface area contributed by atoms with Gasteiger partial charge in [-0.15, -0.1) is 0 Å². The summed E-state index contributed by atoms with van der Waals surface area (Å²) >= 11 is 0. The molecule has 92 valence electrons. The Labute approximate surface area is 96.7 Å². The van der Waals surface area contributed by atoms with Crippen LogP contribution in [0.15, 0.2) is 0 Å². The van der Waals surface area contributed by atoms with Crippen molar-refractivity contribution in [3.63, 3.8) is 0 Å². The molecule has 0 bridgehead atoms. The van der Waals surface area contributed by atoms with Crippen LogP contribution in [0.3, 0.4) is 0 Å². The van der Waals surface area contributed by atoms with Crippen LogP contribution in [0.5, 0.6) is 0 Å². The lowest BCUT2D eigenvalue weighted by atomic mass is 9.94. The van der Waals surface area contributed by atoms with E-state index in [0.717, 1.165) is 13.0 Å². The Morgan fingerprint density at radius 2 is 2.31 bits per heavy atom. The molecule has 4 nitrogen and oxygen atoms in total. The van der Waals surface area contributed by atoms with Gasteiger partial charge in [-0.2, -0.15) is 0 Å². The summed E-state index contributed by atoms with van der Waals surface area (Å²) in [5.74, 6) is 1.09. The molecule has 1 saturated carbocycles. The summed E-state index contributed by atoms with van der Waals surface area (Å²) in [5, 5.41) is 3.29. The highest BCUT2D eigenvalue weighted by Gasteiger charge is 2.43. The first-order chi connectivity index (χ1) is 7.72. The average molecular weight is 227 g/mol. The molecule has 0 aromatic carbocycles. The largest absolute Gasteiger partial charge is 0.459 e. The van der Waals surface area contributed by atoms with E-state index in [2.05, 4.69) is 5.32 Å². The van der Waals surface area contributed by atoms with Gasteiger partial charge >= 0.3 is 5.97 Å². The molecule has 1 heterocycles. The molecule has 1 aliphatic carbocycles. The minimum Gasteiger partial charge on any atom is -0.459 e. The fraction of sp³-hybridized carbons (Fsp3) is 0.917. The van der Waals surface area contributed by atoms with Crippen molar-refractivity contribution in [3.05, 3.63) is 0 Å². The van der Waals surface area contributed by atoms with Gasteiger partial charge in [0.25, 0.3) is 0 Å². The van der Waals surface area contributed by atoms with Gasteiger partial charge in [0.05, 0.1) is 6.61 Å². The summed E-state index contributed by atoms with van der Waals surface area (Å²) < 4.78 is 10.3. The molecule has 0 aromatic rings. The van der Waals surface area contributed by atoms with Gasteiger partial charge in [-0.3, -0.25) is 4.79 Å². The molecule has 0 radical (unpaired) electrons. The zero-order valence-corrected chi connectivity index (χ0v) is 10.1. The number of rotatable bonds is 4. The third-order valence-corrected chi connectivity index (χ3v) is 3.72. The summed E-state index contributed by atoms with van der Waals surface area (Å²) in [6.07, 6.45) is 3.53. The van der Waals surface area contributed by atoms with Gasteiger partial charge in [0, 0.05) is 7.11 Å². The molecule has 1 N–H and O–H groups in total. The van der Waals surface area contributed by atoms with Crippen molar-refractivity contribution >= 4 is 5.97 Å². The van der Waals surface area contributed by atoms with Crippen LogP contribution in [0.4, 0.5) is 0 Å². The topological polar surface area (TPSA) is 47.6 Å². The quantitative estimate of drug-likeness (QED) is 0.726. The lowest BCUT2D eigenvalue weighted by Crippen LogP contribution is -2.39.